The van der Waals surface area contributed by atoms with Crippen LogP contribution < -0.4 is 5.32 Å². The SMILES string of the molecule is CCNC(CC1CCCCC1)C(=O)OCC. The van der Waals surface area contributed by atoms with Crippen LogP contribution in [0.3, 0.4) is 0 Å². The normalized spacial score (nSPS) is 19.4. The zero-order chi connectivity index (χ0) is 11.8. The summed E-state index contributed by atoms with van der Waals surface area (Å²) in [4.78, 5) is 11.7. The van der Waals surface area contributed by atoms with Crippen molar-refractivity contribution in [1.29, 1.82) is 0 Å². The molecule has 94 valence electrons. The molecule has 1 unspecified atom stereocenters. The molecule has 0 radical (unpaired) electrons. The van der Waals surface area contributed by atoms with E-state index in [1.165, 1.54) is 32.1 Å². The van der Waals surface area contributed by atoms with E-state index in [0.717, 1.165) is 13.0 Å². The van der Waals surface area contributed by atoms with Crippen LogP contribution >= 0.6 is 0 Å². The molecule has 1 saturated carbocycles. The highest BCUT2D eigenvalue weighted by Gasteiger charge is 2.24. The average Bonchev–Trinajstić information content (AvgIpc) is 2.30. The van der Waals surface area contributed by atoms with Crippen molar-refractivity contribution in [2.45, 2.75) is 58.4 Å². The minimum absolute atomic E-state index is 0.0741. The first-order valence-electron chi connectivity index (χ1n) is 6.68. The maximum atomic E-state index is 11.7. The van der Waals surface area contributed by atoms with Crippen LogP contribution in [0.4, 0.5) is 0 Å². The Balaban J connectivity index is 2.39. The van der Waals surface area contributed by atoms with Gasteiger partial charge in [0, 0.05) is 0 Å². The molecule has 0 amide bonds. The number of ether oxygens (including phenoxy) is 1. The van der Waals surface area contributed by atoms with Gasteiger partial charge in [-0.15, -0.1) is 0 Å². The van der Waals surface area contributed by atoms with E-state index in [0.29, 0.717) is 12.5 Å². The van der Waals surface area contributed by atoms with Crippen molar-refractivity contribution in [3.05, 3.63) is 0 Å². The third-order valence-electron chi connectivity index (χ3n) is 3.32. The minimum Gasteiger partial charge on any atom is -0.465 e. The first-order chi connectivity index (χ1) is 7.77. The van der Waals surface area contributed by atoms with Crippen molar-refractivity contribution in [3.8, 4) is 0 Å². The largest absolute Gasteiger partial charge is 0.465 e. The summed E-state index contributed by atoms with van der Waals surface area (Å²) in [6, 6.07) is -0.0898. The summed E-state index contributed by atoms with van der Waals surface area (Å²) in [5, 5.41) is 3.24. The van der Waals surface area contributed by atoms with Crippen molar-refractivity contribution >= 4 is 5.97 Å². The average molecular weight is 227 g/mol. The van der Waals surface area contributed by atoms with Crippen LogP contribution in [0.25, 0.3) is 0 Å². The molecule has 0 bridgehead atoms. The quantitative estimate of drug-likeness (QED) is 0.709. The molecular weight excluding hydrogens is 202 g/mol. The van der Waals surface area contributed by atoms with E-state index < -0.39 is 0 Å². The summed E-state index contributed by atoms with van der Waals surface area (Å²) in [6.07, 6.45) is 7.52. The second kappa shape index (κ2) is 7.66. The van der Waals surface area contributed by atoms with Gasteiger partial charge in [-0.1, -0.05) is 39.0 Å². The van der Waals surface area contributed by atoms with Gasteiger partial charge in [0.25, 0.3) is 0 Å². The van der Waals surface area contributed by atoms with Gasteiger partial charge in [-0.25, -0.2) is 0 Å². The summed E-state index contributed by atoms with van der Waals surface area (Å²) < 4.78 is 5.10. The molecule has 1 rings (SSSR count). The molecule has 3 heteroatoms. The molecule has 3 nitrogen and oxygen atoms in total. The van der Waals surface area contributed by atoms with Crippen LogP contribution in [-0.2, 0) is 9.53 Å². The molecule has 0 aliphatic heterocycles. The predicted octanol–water partition coefficient (Wildman–Crippen LogP) is 2.50. The number of nitrogens with one attached hydrogen (secondary N) is 1. The molecule has 1 aliphatic carbocycles. The number of esters is 1. The Bertz CT molecular complexity index is 200. The van der Waals surface area contributed by atoms with Crippen molar-refractivity contribution in [1.82, 2.24) is 5.32 Å². The highest BCUT2D eigenvalue weighted by Crippen LogP contribution is 2.27. The molecule has 16 heavy (non-hydrogen) atoms. The maximum absolute atomic E-state index is 11.7. The summed E-state index contributed by atoms with van der Waals surface area (Å²) in [7, 11) is 0. The predicted molar refractivity (Wildman–Crippen MR) is 65.3 cm³/mol. The molecule has 0 aromatic heterocycles. The lowest BCUT2D eigenvalue weighted by Gasteiger charge is -2.25. The van der Waals surface area contributed by atoms with Gasteiger partial charge in [0.2, 0.25) is 0 Å². The maximum Gasteiger partial charge on any atom is 0.323 e. The Hall–Kier alpha value is -0.570. The standard InChI is InChI=1S/C13H25NO2/c1-3-14-12(13(15)16-4-2)10-11-8-6-5-7-9-11/h11-12,14H,3-10H2,1-2H3. The fraction of sp³-hybridized carbons (Fsp3) is 0.923. The zero-order valence-electron chi connectivity index (χ0n) is 10.6. The Morgan fingerprint density at radius 1 is 1.31 bits per heavy atom. The summed E-state index contributed by atoms with van der Waals surface area (Å²) in [6.45, 7) is 5.20. The first kappa shape index (κ1) is 13.5. The molecule has 0 aromatic carbocycles. The van der Waals surface area contributed by atoms with E-state index in [1.54, 1.807) is 0 Å². The van der Waals surface area contributed by atoms with Crippen LogP contribution in [0.1, 0.15) is 52.4 Å². The van der Waals surface area contributed by atoms with Gasteiger partial charge in [-0.2, -0.15) is 0 Å². The Kier molecular flexibility index (Phi) is 6.46. The number of rotatable bonds is 6. The number of hydrogen-bond donors (Lipinski definition) is 1. The van der Waals surface area contributed by atoms with Gasteiger partial charge in [-0.05, 0) is 25.8 Å². The molecule has 1 aliphatic rings. The summed E-state index contributed by atoms with van der Waals surface area (Å²) >= 11 is 0. The Morgan fingerprint density at radius 3 is 2.56 bits per heavy atom. The zero-order valence-corrected chi connectivity index (χ0v) is 10.6. The van der Waals surface area contributed by atoms with E-state index in [1.807, 2.05) is 13.8 Å². The smallest absolute Gasteiger partial charge is 0.323 e. The lowest BCUT2D eigenvalue weighted by molar-refractivity contribution is -0.146. The Morgan fingerprint density at radius 2 is 2.00 bits per heavy atom. The highest BCUT2D eigenvalue weighted by atomic mass is 16.5. The van der Waals surface area contributed by atoms with Crippen molar-refractivity contribution < 1.29 is 9.53 Å². The lowest BCUT2D eigenvalue weighted by Crippen LogP contribution is -2.39. The van der Waals surface area contributed by atoms with Gasteiger partial charge < -0.3 is 10.1 Å². The molecule has 1 N–H and O–H groups in total. The summed E-state index contributed by atoms with van der Waals surface area (Å²) in [5.41, 5.74) is 0. The van der Waals surface area contributed by atoms with Gasteiger partial charge >= 0.3 is 5.97 Å². The summed E-state index contributed by atoms with van der Waals surface area (Å²) in [5.74, 6) is 0.636. The molecule has 1 atom stereocenters. The third-order valence-corrected chi connectivity index (χ3v) is 3.32. The molecular formula is C13H25NO2. The molecule has 0 saturated heterocycles. The Labute approximate surface area is 98.9 Å². The minimum atomic E-state index is -0.0898. The second-order valence-electron chi connectivity index (χ2n) is 4.60. The third kappa shape index (κ3) is 4.52. The monoisotopic (exact) mass is 227 g/mol. The molecule has 1 fully saturated rings. The lowest BCUT2D eigenvalue weighted by atomic mass is 9.85. The van der Waals surface area contributed by atoms with E-state index in [-0.39, 0.29) is 12.0 Å². The van der Waals surface area contributed by atoms with Crippen molar-refractivity contribution in [2.24, 2.45) is 5.92 Å². The molecule has 0 heterocycles. The van der Waals surface area contributed by atoms with Gasteiger partial charge in [0.15, 0.2) is 0 Å². The van der Waals surface area contributed by atoms with Crippen molar-refractivity contribution in [3.63, 3.8) is 0 Å². The first-order valence-corrected chi connectivity index (χ1v) is 6.68. The van der Waals surface area contributed by atoms with Gasteiger partial charge in [0.05, 0.1) is 6.61 Å². The van der Waals surface area contributed by atoms with Crippen molar-refractivity contribution in [2.75, 3.05) is 13.2 Å². The molecule has 0 aromatic rings. The van der Waals surface area contributed by atoms with Gasteiger partial charge in [0.1, 0.15) is 6.04 Å². The van der Waals surface area contributed by atoms with E-state index in [9.17, 15) is 4.79 Å². The van der Waals surface area contributed by atoms with E-state index in [2.05, 4.69) is 5.32 Å². The highest BCUT2D eigenvalue weighted by molar-refractivity contribution is 5.75. The molecule has 0 spiro atoms. The number of likely N-dealkylation sites (N-methyl/N-ethyl adjacent to an activating group) is 1. The number of hydrogen-bond acceptors (Lipinski definition) is 3. The fourth-order valence-electron chi connectivity index (χ4n) is 2.51. The number of carbonyl (C=O) groups is 1. The van der Waals surface area contributed by atoms with Crippen LogP contribution in [0.5, 0.6) is 0 Å². The number of carbonyl (C=O) groups excluding carboxylic acids is 1. The van der Waals surface area contributed by atoms with Crippen LogP contribution in [0, 0.1) is 5.92 Å². The van der Waals surface area contributed by atoms with Crippen LogP contribution in [0.15, 0.2) is 0 Å². The van der Waals surface area contributed by atoms with E-state index in [4.69, 9.17) is 4.74 Å². The van der Waals surface area contributed by atoms with Gasteiger partial charge in [-0.3, -0.25) is 4.79 Å². The van der Waals surface area contributed by atoms with Crippen LogP contribution in [0.2, 0.25) is 0 Å². The van der Waals surface area contributed by atoms with Crippen LogP contribution in [-0.4, -0.2) is 25.2 Å². The topological polar surface area (TPSA) is 38.3 Å². The van der Waals surface area contributed by atoms with E-state index >= 15 is 0 Å². The second-order valence-corrected chi connectivity index (χ2v) is 4.60. The fourth-order valence-corrected chi connectivity index (χ4v) is 2.51.